The van der Waals surface area contributed by atoms with Crippen molar-refractivity contribution in [1.82, 2.24) is 0 Å². The zero-order chi connectivity index (χ0) is 31.5. The third-order valence-corrected chi connectivity index (χ3v) is 8.37. The molecular weight excluding hydrogens is 701 g/mol. The third-order valence-electron chi connectivity index (χ3n) is 7.00. The first-order chi connectivity index (χ1) is 20.2. The van der Waals surface area contributed by atoms with E-state index in [0.29, 0.717) is 16.5 Å². The summed E-state index contributed by atoms with van der Waals surface area (Å²) < 4.78 is 79.3. The summed E-state index contributed by atoms with van der Waals surface area (Å²) in [5.74, 6) is 0.192. The zero-order valence-corrected chi connectivity index (χ0v) is 28.2. The van der Waals surface area contributed by atoms with Crippen molar-refractivity contribution in [3.8, 4) is 22.3 Å². The van der Waals surface area contributed by atoms with E-state index in [0.717, 1.165) is 32.6 Å². The van der Waals surface area contributed by atoms with Crippen molar-refractivity contribution < 1.29 is 47.2 Å². The Morgan fingerprint density at radius 1 is 0.814 bits per heavy atom. The van der Waals surface area contributed by atoms with Gasteiger partial charge in [0.15, 0.2) is 0 Å². The Hall–Kier alpha value is -2.25. The number of fused-ring (bicyclic) bond motifs is 4. The standard InChI is InChI=1S/C21H17F6.C12H7Si.2ClH.Zr/c1-11(2)14-6-13-5-4-12(3)19(18(13)9-14)15-7-16(20(22,23)24)10-17(8-15)21(25,26)27;1-3-7-11-9(5-1)10-6-2-4-8-12(10)13-11;;;/h4-11H,1-3H3;1-7H;2*1H;/q2*-1;;;+4/p-2. The van der Waals surface area contributed by atoms with Gasteiger partial charge in [-0.15, -0.1) is 40.1 Å². The average molecular weight is 725 g/mol. The Morgan fingerprint density at radius 3 is 2.02 bits per heavy atom. The molecule has 0 unspecified atom stereocenters. The van der Waals surface area contributed by atoms with Crippen LogP contribution in [0, 0.1) is 13.0 Å². The molecule has 6 rings (SSSR count). The summed E-state index contributed by atoms with van der Waals surface area (Å²) >= 11 is -0.826. The average Bonchev–Trinajstić information content (AvgIpc) is 3.55. The number of halogens is 8. The minimum Gasteiger partial charge on any atom is -0.184 e. The number of hydrogen-bond donors (Lipinski definition) is 0. The smallest absolute Gasteiger partial charge is 0.0920 e. The minimum atomic E-state index is -4.87. The topological polar surface area (TPSA) is 0 Å². The molecule has 10 heteroatoms. The SMILES string of the molecule is Cc1ccc2[cH-]c(C(C)C)cc2c1-c1cc(C(F)(F)F)cc(C(F)(F)F)c1.[Cl][Zr+2][Cl].[c-]1cccc2c1[Si]c1ccccc1-2. The molecule has 0 amide bonds. The van der Waals surface area contributed by atoms with Gasteiger partial charge in [-0.25, -0.2) is 0 Å². The molecule has 0 saturated heterocycles. The van der Waals surface area contributed by atoms with E-state index >= 15 is 0 Å². The van der Waals surface area contributed by atoms with Crippen LogP contribution in [0.2, 0.25) is 0 Å². The number of aryl methyl sites for hydroxylation is 1. The molecule has 0 aliphatic carbocycles. The van der Waals surface area contributed by atoms with E-state index in [-0.39, 0.29) is 17.5 Å². The summed E-state index contributed by atoms with van der Waals surface area (Å²) in [6.45, 7) is 5.64. The fourth-order valence-corrected chi connectivity index (χ4v) is 6.27. The second-order valence-electron chi connectivity index (χ2n) is 10.2. The Balaban J connectivity index is 0.000000217. The summed E-state index contributed by atoms with van der Waals surface area (Å²) in [5.41, 5.74) is 2.08. The first-order valence-corrected chi connectivity index (χ1v) is 20.4. The number of hydrogen-bond acceptors (Lipinski definition) is 0. The van der Waals surface area contributed by atoms with Crippen molar-refractivity contribution in [2.24, 2.45) is 0 Å². The van der Waals surface area contributed by atoms with Crippen LogP contribution in [-0.2, 0) is 33.2 Å². The van der Waals surface area contributed by atoms with Crippen LogP contribution in [0.25, 0.3) is 33.0 Å². The van der Waals surface area contributed by atoms with Crippen LogP contribution >= 0.6 is 17.0 Å². The fourth-order valence-electron chi connectivity index (χ4n) is 4.96. The van der Waals surface area contributed by atoms with E-state index in [4.69, 9.17) is 17.0 Å². The zero-order valence-electron chi connectivity index (χ0n) is 23.2. The van der Waals surface area contributed by atoms with Gasteiger partial charge in [0.25, 0.3) is 0 Å². The van der Waals surface area contributed by atoms with Gasteiger partial charge in [0.05, 0.1) is 20.6 Å². The number of benzene rings is 4. The van der Waals surface area contributed by atoms with Gasteiger partial charge in [-0.3, -0.25) is 0 Å². The van der Waals surface area contributed by atoms with Crippen LogP contribution in [0.5, 0.6) is 0 Å². The van der Waals surface area contributed by atoms with Gasteiger partial charge in [0.1, 0.15) is 0 Å². The van der Waals surface area contributed by atoms with Crippen molar-refractivity contribution in [3.05, 3.63) is 113 Å². The summed E-state index contributed by atoms with van der Waals surface area (Å²) in [6.07, 6.45) is -9.74. The Bertz CT molecular complexity index is 1650. The monoisotopic (exact) mass is 722 g/mol. The molecule has 1 aliphatic rings. The predicted molar refractivity (Wildman–Crippen MR) is 161 cm³/mol. The second-order valence-corrected chi connectivity index (χ2v) is 15.2. The largest absolute Gasteiger partial charge is 0.184 e. The Labute approximate surface area is 267 Å². The van der Waals surface area contributed by atoms with E-state index in [1.807, 2.05) is 38.1 Å². The van der Waals surface area contributed by atoms with Gasteiger partial charge < -0.3 is 0 Å². The van der Waals surface area contributed by atoms with Crippen molar-refractivity contribution in [3.63, 3.8) is 0 Å². The molecule has 1 aliphatic heterocycles. The first kappa shape index (κ1) is 33.6. The van der Waals surface area contributed by atoms with E-state index < -0.39 is 44.3 Å². The van der Waals surface area contributed by atoms with Crippen LogP contribution in [0.15, 0.2) is 84.9 Å². The van der Waals surface area contributed by atoms with Gasteiger partial charge in [-0.1, -0.05) is 60.0 Å². The Kier molecular flexibility index (Phi) is 10.8. The first-order valence-electron chi connectivity index (χ1n) is 13.1. The summed E-state index contributed by atoms with van der Waals surface area (Å²) in [7, 11) is 10.7. The number of rotatable bonds is 2. The molecule has 5 aromatic rings. The van der Waals surface area contributed by atoms with E-state index in [2.05, 4.69) is 42.5 Å². The van der Waals surface area contributed by atoms with Gasteiger partial charge in [0.2, 0.25) is 0 Å². The van der Waals surface area contributed by atoms with Crippen molar-refractivity contribution in [2.75, 3.05) is 0 Å². The normalized spacial score (nSPS) is 12.1. The van der Waals surface area contributed by atoms with Crippen LogP contribution < -0.4 is 10.4 Å². The number of alkyl halides is 6. The predicted octanol–water partition coefficient (Wildman–Crippen LogP) is 10.2. The van der Waals surface area contributed by atoms with Gasteiger partial charge in [-0.05, 0) is 36.6 Å². The molecule has 1 heterocycles. The molecule has 2 radical (unpaired) electrons. The summed E-state index contributed by atoms with van der Waals surface area (Å²) in [5, 5.41) is 4.28. The van der Waals surface area contributed by atoms with Crippen LogP contribution in [0.1, 0.15) is 42.0 Å². The maximum absolute atomic E-state index is 13.2. The second kappa shape index (κ2) is 13.8. The molecule has 43 heavy (non-hydrogen) atoms. The van der Waals surface area contributed by atoms with Gasteiger partial charge in [0, 0.05) is 0 Å². The van der Waals surface area contributed by atoms with Gasteiger partial charge in [-0.2, -0.15) is 61.9 Å². The molecule has 5 aromatic carbocycles. The van der Waals surface area contributed by atoms with E-state index in [1.54, 1.807) is 13.0 Å². The molecular formula is C33H24Cl2F6SiZr. The van der Waals surface area contributed by atoms with Crippen molar-refractivity contribution in [2.45, 2.75) is 39.0 Å². The summed E-state index contributed by atoms with van der Waals surface area (Å²) in [6, 6.07) is 27.2. The fraction of sp³-hybridized carbons (Fsp3) is 0.182. The molecule has 0 aromatic heterocycles. The minimum absolute atomic E-state index is 0.0823. The molecule has 0 nitrogen and oxygen atoms in total. The van der Waals surface area contributed by atoms with Gasteiger partial charge >= 0.3 is 50.2 Å². The van der Waals surface area contributed by atoms with Crippen LogP contribution in [-0.4, -0.2) is 9.52 Å². The third kappa shape index (κ3) is 7.89. The van der Waals surface area contributed by atoms with Crippen LogP contribution in [0.3, 0.4) is 0 Å². The van der Waals surface area contributed by atoms with Crippen molar-refractivity contribution >= 4 is 47.7 Å². The molecule has 0 spiro atoms. The van der Waals surface area contributed by atoms with E-state index in [1.165, 1.54) is 21.5 Å². The Morgan fingerprint density at radius 2 is 1.42 bits per heavy atom. The van der Waals surface area contributed by atoms with Crippen molar-refractivity contribution in [1.29, 1.82) is 0 Å². The molecule has 220 valence electrons. The quantitative estimate of drug-likeness (QED) is 0.0948. The molecule has 0 fully saturated rings. The molecule has 0 atom stereocenters. The molecule has 0 bridgehead atoms. The molecule has 0 N–H and O–H groups in total. The maximum Gasteiger partial charge on any atom is 0.0920 e. The molecule has 0 saturated carbocycles. The maximum atomic E-state index is 13.2. The summed E-state index contributed by atoms with van der Waals surface area (Å²) in [4.78, 5) is 0. The van der Waals surface area contributed by atoms with Crippen LogP contribution in [0.4, 0.5) is 26.3 Å². The van der Waals surface area contributed by atoms with E-state index in [9.17, 15) is 26.3 Å².